The van der Waals surface area contributed by atoms with Gasteiger partial charge < -0.3 is 4.90 Å². The summed E-state index contributed by atoms with van der Waals surface area (Å²) >= 11 is 0. The van der Waals surface area contributed by atoms with Gasteiger partial charge in [-0.2, -0.15) is 0 Å². The molecule has 1 aliphatic rings. The highest BCUT2D eigenvalue weighted by atomic mass is 16.2. The average Bonchev–Trinajstić information content (AvgIpc) is 2.92. The molecule has 4 rings (SSSR count). The van der Waals surface area contributed by atoms with Crippen molar-refractivity contribution in [3.8, 4) is 0 Å². The predicted molar refractivity (Wildman–Crippen MR) is 99.2 cm³/mol. The Kier molecular flexibility index (Phi) is 3.77. The third kappa shape index (κ3) is 2.54. The van der Waals surface area contributed by atoms with Crippen LogP contribution in [0.2, 0.25) is 0 Å². The molecule has 3 aromatic carbocycles. The molecule has 0 unspecified atom stereocenters. The van der Waals surface area contributed by atoms with Gasteiger partial charge >= 0.3 is 0 Å². The van der Waals surface area contributed by atoms with Crippen LogP contribution in [0.5, 0.6) is 0 Å². The SMILES string of the molecule is CN(C(=O)CN1C(=O)c2ccccc2C1=O)c1ccc2ccccc2c1. The molecule has 0 radical (unpaired) electrons. The van der Waals surface area contributed by atoms with E-state index in [1.807, 2.05) is 42.5 Å². The van der Waals surface area contributed by atoms with Crippen molar-refractivity contribution in [2.75, 3.05) is 18.5 Å². The van der Waals surface area contributed by atoms with E-state index in [1.165, 1.54) is 4.90 Å². The summed E-state index contributed by atoms with van der Waals surface area (Å²) in [4.78, 5) is 40.0. The minimum atomic E-state index is -0.425. The number of hydrogen-bond donors (Lipinski definition) is 0. The van der Waals surface area contributed by atoms with E-state index in [-0.39, 0.29) is 12.5 Å². The second-order valence-corrected chi connectivity index (χ2v) is 6.23. The molecule has 26 heavy (non-hydrogen) atoms. The van der Waals surface area contributed by atoms with E-state index in [2.05, 4.69) is 0 Å². The molecular formula is C21H16N2O3. The zero-order valence-electron chi connectivity index (χ0n) is 14.2. The van der Waals surface area contributed by atoms with Crippen molar-refractivity contribution >= 4 is 34.2 Å². The Morgan fingerprint density at radius 3 is 2.08 bits per heavy atom. The van der Waals surface area contributed by atoms with Gasteiger partial charge in [-0.25, -0.2) is 0 Å². The number of anilines is 1. The van der Waals surface area contributed by atoms with Gasteiger partial charge in [0, 0.05) is 12.7 Å². The lowest BCUT2D eigenvalue weighted by Gasteiger charge is -2.21. The summed E-state index contributed by atoms with van der Waals surface area (Å²) < 4.78 is 0. The van der Waals surface area contributed by atoms with Crippen LogP contribution in [0.3, 0.4) is 0 Å². The molecule has 128 valence electrons. The number of hydrogen-bond acceptors (Lipinski definition) is 3. The number of benzene rings is 3. The Morgan fingerprint density at radius 1 is 0.846 bits per heavy atom. The molecule has 3 aromatic rings. The van der Waals surface area contributed by atoms with Crippen LogP contribution in [0.15, 0.2) is 66.7 Å². The Hall–Kier alpha value is -3.47. The fraction of sp³-hybridized carbons (Fsp3) is 0.0952. The molecule has 5 nitrogen and oxygen atoms in total. The number of amides is 3. The van der Waals surface area contributed by atoms with E-state index < -0.39 is 11.8 Å². The Labute approximate surface area is 150 Å². The molecule has 0 atom stereocenters. The smallest absolute Gasteiger partial charge is 0.262 e. The molecule has 3 amide bonds. The van der Waals surface area contributed by atoms with Crippen molar-refractivity contribution in [1.82, 2.24) is 4.90 Å². The average molecular weight is 344 g/mol. The summed E-state index contributed by atoms with van der Waals surface area (Å²) in [5.41, 5.74) is 1.41. The van der Waals surface area contributed by atoms with Gasteiger partial charge in [-0.15, -0.1) is 0 Å². The monoisotopic (exact) mass is 344 g/mol. The molecule has 0 fully saturated rings. The van der Waals surface area contributed by atoms with Gasteiger partial charge in [-0.05, 0) is 35.0 Å². The van der Waals surface area contributed by atoms with Gasteiger partial charge in [-0.3, -0.25) is 19.3 Å². The van der Waals surface area contributed by atoms with Crippen LogP contribution in [0, 0.1) is 0 Å². The molecule has 0 aromatic heterocycles. The van der Waals surface area contributed by atoms with E-state index in [4.69, 9.17) is 0 Å². The van der Waals surface area contributed by atoms with Gasteiger partial charge in [0.15, 0.2) is 0 Å². The lowest BCUT2D eigenvalue weighted by molar-refractivity contribution is -0.118. The van der Waals surface area contributed by atoms with E-state index in [1.54, 1.807) is 31.3 Å². The fourth-order valence-electron chi connectivity index (χ4n) is 3.15. The first-order valence-corrected chi connectivity index (χ1v) is 8.27. The molecule has 1 aliphatic heterocycles. The molecule has 0 spiro atoms. The van der Waals surface area contributed by atoms with Gasteiger partial charge in [-0.1, -0.05) is 42.5 Å². The van der Waals surface area contributed by atoms with Gasteiger partial charge in [0.1, 0.15) is 6.54 Å². The first-order valence-electron chi connectivity index (χ1n) is 8.27. The van der Waals surface area contributed by atoms with Crippen molar-refractivity contribution in [1.29, 1.82) is 0 Å². The third-order valence-corrected chi connectivity index (χ3v) is 4.67. The van der Waals surface area contributed by atoms with Crippen LogP contribution in [0.25, 0.3) is 10.8 Å². The van der Waals surface area contributed by atoms with Crippen molar-refractivity contribution in [2.45, 2.75) is 0 Å². The van der Waals surface area contributed by atoms with Crippen LogP contribution in [-0.2, 0) is 4.79 Å². The predicted octanol–water partition coefficient (Wildman–Crippen LogP) is 3.10. The second-order valence-electron chi connectivity index (χ2n) is 6.23. The van der Waals surface area contributed by atoms with Crippen molar-refractivity contribution < 1.29 is 14.4 Å². The van der Waals surface area contributed by atoms with E-state index in [0.717, 1.165) is 15.7 Å². The molecule has 0 N–H and O–H groups in total. The number of carbonyl (C=O) groups excluding carboxylic acids is 3. The number of fused-ring (bicyclic) bond motifs is 2. The minimum absolute atomic E-state index is 0.282. The maximum absolute atomic E-state index is 12.7. The van der Waals surface area contributed by atoms with Gasteiger partial charge in [0.2, 0.25) is 5.91 Å². The van der Waals surface area contributed by atoms with Crippen LogP contribution in [0.4, 0.5) is 5.69 Å². The maximum atomic E-state index is 12.7. The molecule has 0 aliphatic carbocycles. The summed E-state index contributed by atoms with van der Waals surface area (Å²) in [6.45, 7) is -0.282. The highest BCUT2D eigenvalue weighted by molar-refractivity contribution is 6.22. The maximum Gasteiger partial charge on any atom is 0.262 e. The number of rotatable bonds is 3. The summed E-state index contributed by atoms with van der Waals surface area (Å²) in [6.07, 6.45) is 0. The quantitative estimate of drug-likeness (QED) is 0.686. The van der Waals surface area contributed by atoms with E-state index in [0.29, 0.717) is 16.8 Å². The van der Waals surface area contributed by atoms with Gasteiger partial charge in [0.05, 0.1) is 11.1 Å². The van der Waals surface area contributed by atoms with E-state index >= 15 is 0 Å². The first kappa shape index (κ1) is 16.0. The fourth-order valence-corrected chi connectivity index (χ4v) is 3.15. The molecule has 1 heterocycles. The number of nitrogens with zero attached hydrogens (tertiary/aromatic N) is 2. The highest BCUT2D eigenvalue weighted by Gasteiger charge is 2.36. The summed E-state index contributed by atoms with van der Waals surface area (Å²) in [5.74, 6) is -1.17. The number of likely N-dealkylation sites (N-methyl/N-ethyl adjacent to an activating group) is 1. The molecule has 0 bridgehead atoms. The Morgan fingerprint density at radius 2 is 1.42 bits per heavy atom. The zero-order chi connectivity index (χ0) is 18.3. The van der Waals surface area contributed by atoms with Crippen molar-refractivity contribution in [2.24, 2.45) is 0 Å². The topological polar surface area (TPSA) is 57.7 Å². The number of imide groups is 1. The summed E-state index contributed by atoms with van der Waals surface area (Å²) in [5, 5.41) is 2.10. The van der Waals surface area contributed by atoms with Crippen molar-refractivity contribution in [3.05, 3.63) is 77.9 Å². The lowest BCUT2D eigenvalue weighted by atomic mass is 10.1. The van der Waals surface area contributed by atoms with Crippen LogP contribution < -0.4 is 4.90 Å². The molecule has 5 heteroatoms. The normalized spacial score (nSPS) is 13.2. The molecule has 0 saturated heterocycles. The Balaban J connectivity index is 1.56. The largest absolute Gasteiger partial charge is 0.314 e. The van der Waals surface area contributed by atoms with Gasteiger partial charge in [0.25, 0.3) is 11.8 Å². The zero-order valence-corrected chi connectivity index (χ0v) is 14.2. The van der Waals surface area contributed by atoms with Crippen LogP contribution >= 0.6 is 0 Å². The van der Waals surface area contributed by atoms with Crippen LogP contribution in [-0.4, -0.2) is 36.2 Å². The Bertz CT molecular complexity index is 1020. The molecule has 0 saturated carbocycles. The second kappa shape index (κ2) is 6.11. The third-order valence-electron chi connectivity index (χ3n) is 4.67. The summed E-state index contributed by atoms with van der Waals surface area (Å²) in [6, 6.07) is 20.2. The summed E-state index contributed by atoms with van der Waals surface area (Å²) in [7, 11) is 1.64. The first-order chi connectivity index (χ1) is 12.6. The minimum Gasteiger partial charge on any atom is -0.314 e. The molecular weight excluding hydrogens is 328 g/mol. The van der Waals surface area contributed by atoms with E-state index in [9.17, 15) is 14.4 Å². The van der Waals surface area contributed by atoms with Crippen LogP contribution in [0.1, 0.15) is 20.7 Å². The standard InChI is InChI=1S/C21H16N2O3/c1-22(16-11-10-14-6-2-3-7-15(14)12-16)19(24)13-23-20(25)17-8-4-5-9-18(17)21(23)26/h2-12H,13H2,1H3. The lowest BCUT2D eigenvalue weighted by Crippen LogP contribution is -2.41. The number of carbonyl (C=O) groups is 3. The highest BCUT2D eigenvalue weighted by Crippen LogP contribution is 2.24. The van der Waals surface area contributed by atoms with Crippen molar-refractivity contribution in [3.63, 3.8) is 0 Å².